The van der Waals surface area contributed by atoms with Gasteiger partial charge >= 0.3 is 5.97 Å². The molecule has 36 heavy (non-hydrogen) atoms. The van der Waals surface area contributed by atoms with E-state index in [1.807, 2.05) is 6.07 Å². The van der Waals surface area contributed by atoms with Gasteiger partial charge in [0.25, 0.3) is 11.6 Å². The highest BCUT2D eigenvalue weighted by Crippen LogP contribution is 2.30. The fourth-order valence-electron chi connectivity index (χ4n) is 3.06. The Hall–Kier alpha value is -5.17. The van der Waals surface area contributed by atoms with E-state index in [-0.39, 0.29) is 35.1 Å². The van der Waals surface area contributed by atoms with Crippen LogP contribution in [0.2, 0.25) is 0 Å². The second kappa shape index (κ2) is 11.8. The number of amides is 1. The van der Waals surface area contributed by atoms with Gasteiger partial charge in [0.15, 0.2) is 11.5 Å². The van der Waals surface area contributed by atoms with Gasteiger partial charge in [-0.1, -0.05) is 12.1 Å². The highest BCUT2D eigenvalue weighted by atomic mass is 16.6. The van der Waals surface area contributed by atoms with Crippen molar-refractivity contribution in [1.29, 1.82) is 5.26 Å². The van der Waals surface area contributed by atoms with Crippen LogP contribution in [0.3, 0.4) is 0 Å². The molecule has 0 saturated heterocycles. The quantitative estimate of drug-likeness (QED) is 0.114. The molecule has 3 aromatic carbocycles. The van der Waals surface area contributed by atoms with Crippen molar-refractivity contribution in [2.75, 3.05) is 19.0 Å². The predicted molar refractivity (Wildman–Crippen MR) is 131 cm³/mol. The van der Waals surface area contributed by atoms with Gasteiger partial charge in [-0.25, -0.2) is 4.79 Å². The molecule has 3 aromatic rings. The number of methoxy groups -OCH3 is 1. The average molecular weight is 487 g/mol. The Morgan fingerprint density at radius 1 is 1.08 bits per heavy atom. The standard InChI is InChI=1S/C26H21N3O7/c1-3-35-24-14-17(7-12-23(24)36-26(31)18-8-10-22(34-2)11-9-18)13-19(16-27)25(30)28-20-5-4-6-21(15-20)29(32)33/h4-15H,3H2,1-2H3,(H,28,30)/b19-13+. The van der Waals surface area contributed by atoms with Crippen LogP contribution in [-0.4, -0.2) is 30.5 Å². The third-order valence-corrected chi connectivity index (χ3v) is 4.79. The van der Waals surface area contributed by atoms with Crippen molar-refractivity contribution in [3.63, 3.8) is 0 Å². The number of ether oxygens (including phenoxy) is 3. The molecule has 0 spiro atoms. The lowest BCUT2D eigenvalue weighted by Gasteiger charge is -2.12. The Balaban J connectivity index is 1.81. The number of esters is 1. The molecule has 182 valence electrons. The van der Waals surface area contributed by atoms with Gasteiger partial charge < -0.3 is 19.5 Å². The molecule has 0 atom stereocenters. The lowest BCUT2D eigenvalue weighted by atomic mass is 10.1. The molecule has 3 rings (SSSR count). The zero-order chi connectivity index (χ0) is 26.1. The molecule has 1 amide bonds. The van der Waals surface area contributed by atoms with Crippen LogP contribution < -0.4 is 19.5 Å². The molecule has 0 saturated carbocycles. The Morgan fingerprint density at radius 2 is 1.83 bits per heavy atom. The van der Waals surface area contributed by atoms with Crippen molar-refractivity contribution in [2.45, 2.75) is 6.92 Å². The highest BCUT2D eigenvalue weighted by molar-refractivity contribution is 6.09. The smallest absolute Gasteiger partial charge is 0.343 e. The molecule has 0 heterocycles. The summed E-state index contributed by atoms with van der Waals surface area (Å²) >= 11 is 0. The van der Waals surface area contributed by atoms with Gasteiger partial charge in [-0.15, -0.1) is 0 Å². The van der Waals surface area contributed by atoms with E-state index in [1.165, 1.54) is 49.6 Å². The van der Waals surface area contributed by atoms with Crippen LogP contribution >= 0.6 is 0 Å². The summed E-state index contributed by atoms with van der Waals surface area (Å²) in [5.41, 5.74) is 0.481. The number of nitriles is 1. The Morgan fingerprint density at radius 3 is 2.47 bits per heavy atom. The lowest BCUT2D eigenvalue weighted by molar-refractivity contribution is -0.384. The van der Waals surface area contributed by atoms with Crippen molar-refractivity contribution in [3.8, 4) is 23.3 Å². The van der Waals surface area contributed by atoms with Gasteiger partial charge in [0, 0.05) is 17.8 Å². The van der Waals surface area contributed by atoms with Crippen molar-refractivity contribution in [3.05, 3.63) is 93.5 Å². The van der Waals surface area contributed by atoms with Gasteiger partial charge in [0.1, 0.15) is 17.4 Å². The van der Waals surface area contributed by atoms with Crippen molar-refractivity contribution >= 4 is 29.3 Å². The van der Waals surface area contributed by atoms with Gasteiger partial charge in [0.2, 0.25) is 0 Å². The number of hydrogen-bond acceptors (Lipinski definition) is 8. The number of hydrogen-bond donors (Lipinski definition) is 1. The summed E-state index contributed by atoms with van der Waals surface area (Å²) in [6.45, 7) is 2.03. The Bertz CT molecular complexity index is 1360. The molecular weight excluding hydrogens is 466 g/mol. The van der Waals surface area contributed by atoms with Crippen LogP contribution in [-0.2, 0) is 4.79 Å². The first-order valence-electron chi connectivity index (χ1n) is 10.6. The second-order valence-corrected chi connectivity index (χ2v) is 7.19. The maximum absolute atomic E-state index is 12.6. The Labute approximate surface area is 206 Å². The number of rotatable bonds is 9. The molecule has 10 heteroatoms. The first kappa shape index (κ1) is 25.5. The van der Waals surface area contributed by atoms with E-state index >= 15 is 0 Å². The number of nitrogens with zero attached hydrogens (tertiary/aromatic N) is 2. The van der Waals surface area contributed by atoms with E-state index in [0.717, 1.165) is 0 Å². The van der Waals surface area contributed by atoms with E-state index in [2.05, 4.69) is 5.32 Å². The summed E-state index contributed by atoms with van der Waals surface area (Å²) in [5, 5.41) is 22.9. The van der Waals surface area contributed by atoms with Crippen molar-refractivity contribution in [1.82, 2.24) is 0 Å². The number of benzene rings is 3. The van der Waals surface area contributed by atoms with Crippen molar-refractivity contribution < 1.29 is 28.7 Å². The molecule has 0 aliphatic heterocycles. The van der Waals surface area contributed by atoms with Crippen LogP contribution in [0, 0.1) is 21.4 Å². The van der Waals surface area contributed by atoms with Crippen LogP contribution in [0.1, 0.15) is 22.8 Å². The van der Waals surface area contributed by atoms with E-state index in [1.54, 1.807) is 37.3 Å². The van der Waals surface area contributed by atoms with E-state index in [9.17, 15) is 25.0 Å². The van der Waals surface area contributed by atoms with Gasteiger partial charge in [-0.05, 0) is 61.0 Å². The van der Waals surface area contributed by atoms with Gasteiger partial charge in [-0.2, -0.15) is 5.26 Å². The molecule has 0 unspecified atom stereocenters. The molecule has 10 nitrogen and oxygen atoms in total. The number of anilines is 1. The number of non-ortho nitro benzene ring substituents is 1. The number of nitro groups is 1. The minimum Gasteiger partial charge on any atom is -0.497 e. The summed E-state index contributed by atoms with van der Waals surface area (Å²) in [6, 6.07) is 18.2. The van der Waals surface area contributed by atoms with E-state index in [4.69, 9.17) is 14.2 Å². The van der Waals surface area contributed by atoms with Crippen molar-refractivity contribution in [2.24, 2.45) is 0 Å². The summed E-state index contributed by atoms with van der Waals surface area (Å²) < 4.78 is 16.1. The minimum atomic E-state index is -0.744. The fraction of sp³-hybridized carbons (Fsp3) is 0.115. The largest absolute Gasteiger partial charge is 0.497 e. The zero-order valence-corrected chi connectivity index (χ0v) is 19.4. The number of nitro benzene ring substituents is 1. The normalized spacial score (nSPS) is 10.6. The summed E-state index contributed by atoms with van der Waals surface area (Å²) in [4.78, 5) is 35.5. The van der Waals surface area contributed by atoms with Gasteiger partial charge in [-0.3, -0.25) is 14.9 Å². The lowest BCUT2D eigenvalue weighted by Crippen LogP contribution is -2.13. The third kappa shape index (κ3) is 6.45. The number of nitrogens with one attached hydrogen (secondary N) is 1. The Kier molecular flexibility index (Phi) is 8.35. The predicted octanol–water partition coefficient (Wildman–Crippen LogP) is 4.77. The highest BCUT2D eigenvalue weighted by Gasteiger charge is 2.16. The number of carbonyl (C=O) groups is 2. The van der Waals surface area contributed by atoms with Crippen LogP contribution in [0.15, 0.2) is 72.3 Å². The summed E-state index contributed by atoms with van der Waals surface area (Å²) in [7, 11) is 1.52. The molecule has 1 N–H and O–H groups in total. The minimum absolute atomic E-state index is 0.161. The van der Waals surface area contributed by atoms with E-state index in [0.29, 0.717) is 16.9 Å². The fourth-order valence-corrected chi connectivity index (χ4v) is 3.06. The van der Waals surface area contributed by atoms with Crippen LogP contribution in [0.4, 0.5) is 11.4 Å². The summed E-state index contributed by atoms with van der Waals surface area (Å²) in [6.07, 6.45) is 1.32. The topological polar surface area (TPSA) is 141 Å². The molecule has 0 radical (unpaired) electrons. The first-order valence-corrected chi connectivity index (χ1v) is 10.6. The maximum Gasteiger partial charge on any atom is 0.343 e. The SMILES string of the molecule is CCOc1cc(/C=C(\C#N)C(=O)Nc2cccc([N+](=O)[O-])c2)ccc1OC(=O)c1ccc(OC)cc1. The first-order chi connectivity index (χ1) is 17.3. The third-order valence-electron chi connectivity index (χ3n) is 4.79. The molecule has 0 fully saturated rings. The molecular formula is C26H21N3O7. The van der Waals surface area contributed by atoms with Crippen LogP contribution in [0.25, 0.3) is 6.08 Å². The van der Waals surface area contributed by atoms with E-state index < -0.39 is 16.8 Å². The zero-order valence-electron chi connectivity index (χ0n) is 19.4. The van der Waals surface area contributed by atoms with Gasteiger partial charge in [0.05, 0.1) is 24.2 Å². The molecule has 0 aromatic heterocycles. The average Bonchev–Trinajstić information content (AvgIpc) is 2.88. The van der Waals surface area contributed by atoms with Crippen LogP contribution in [0.5, 0.6) is 17.2 Å². The maximum atomic E-state index is 12.6. The molecule has 0 bridgehead atoms. The number of carbonyl (C=O) groups excluding carboxylic acids is 2. The monoisotopic (exact) mass is 487 g/mol. The summed E-state index contributed by atoms with van der Waals surface area (Å²) in [5.74, 6) is -0.346. The second-order valence-electron chi connectivity index (χ2n) is 7.19. The molecule has 0 aliphatic rings. The molecule has 0 aliphatic carbocycles.